The second-order valence-corrected chi connectivity index (χ2v) is 3.18. The van der Waals surface area contributed by atoms with Crippen LogP contribution in [0.1, 0.15) is 6.42 Å². The van der Waals surface area contributed by atoms with Gasteiger partial charge in [-0.25, -0.2) is 0 Å². The summed E-state index contributed by atoms with van der Waals surface area (Å²) in [6, 6.07) is 7.43. The zero-order chi connectivity index (χ0) is 11.8. The first-order chi connectivity index (χ1) is 7.72. The third-order valence-electron chi connectivity index (χ3n) is 1.92. The molecule has 0 radical (unpaired) electrons. The number of nitrogens with two attached hydrogens (primary N) is 2. The summed E-state index contributed by atoms with van der Waals surface area (Å²) in [6.07, 6.45) is 0.782. The maximum atomic E-state index is 5.48. The lowest BCUT2D eigenvalue weighted by Gasteiger charge is -2.05. The fraction of sp³-hybridized carbons (Fsp3) is 0.364. The molecule has 0 spiro atoms. The quantitative estimate of drug-likeness (QED) is 0.423. The highest BCUT2D eigenvalue weighted by molar-refractivity contribution is 5.75. The lowest BCUT2D eigenvalue weighted by molar-refractivity contribution is 0.313. The van der Waals surface area contributed by atoms with Crippen LogP contribution in [0.4, 0.5) is 0 Å². The number of methoxy groups -OCH3 is 1. The van der Waals surface area contributed by atoms with Crippen molar-refractivity contribution in [3.63, 3.8) is 0 Å². The standard InChI is InChI=1S/C11H17N3O2/c1-15-9-3-5-10(6-4-9)16-8-2-7-14-11(12)13/h3-6H,2,7-8H2,1H3,(H4,12,13,14). The molecule has 0 bridgehead atoms. The molecule has 0 atom stereocenters. The SMILES string of the molecule is COc1ccc(OCCCN=C(N)N)cc1. The fourth-order valence-corrected chi connectivity index (χ4v) is 1.13. The van der Waals surface area contributed by atoms with Crippen LogP contribution in [0.2, 0.25) is 0 Å². The molecule has 5 nitrogen and oxygen atoms in total. The zero-order valence-corrected chi connectivity index (χ0v) is 9.35. The van der Waals surface area contributed by atoms with Gasteiger partial charge in [-0.1, -0.05) is 0 Å². The number of benzene rings is 1. The van der Waals surface area contributed by atoms with Gasteiger partial charge in [0.2, 0.25) is 0 Å². The van der Waals surface area contributed by atoms with Crippen LogP contribution >= 0.6 is 0 Å². The Morgan fingerprint density at radius 2 is 1.81 bits per heavy atom. The van der Waals surface area contributed by atoms with Crippen molar-refractivity contribution in [3.8, 4) is 11.5 Å². The molecule has 0 saturated heterocycles. The summed E-state index contributed by atoms with van der Waals surface area (Å²) in [7, 11) is 1.63. The van der Waals surface area contributed by atoms with E-state index in [1.54, 1.807) is 7.11 Å². The van der Waals surface area contributed by atoms with E-state index in [1.807, 2.05) is 24.3 Å². The molecule has 88 valence electrons. The lowest BCUT2D eigenvalue weighted by atomic mass is 10.3. The van der Waals surface area contributed by atoms with Gasteiger partial charge in [0.15, 0.2) is 5.96 Å². The highest BCUT2D eigenvalue weighted by Crippen LogP contribution is 2.16. The third kappa shape index (κ3) is 4.54. The number of ether oxygens (including phenoxy) is 2. The summed E-state index contributed by atoms with van der Waals surface area (Å²) >= 11 is 0. The van der Waals surface area contributed by atoms with Crippen LogP contribution in [0.25, 0.3) is 0 Å². The molecular weight excluding hydrogens is 206 g/mol. The van der Waals surface area contributed by atoms with E-state index in [0.717, 1.165) is 17.9 Å². The highest BCUT2D eigenvalue weighted by Gasteiger charge is 1.94. The van der Waals surface area contributed by atoms with Gasteiger partial charge in [0, 0.05) is 13.0 Å². The third-order valence-corrected chi connectivity index (χ3v) is 1.92. The van der Waals surface area contributed by atoms with E-state index in [0.29, 0.717) is 13.2 Å². The second kappa shape index (κ2) is 6.55. The van der Waals surface area contributed by atoms with Gasteiger partial charge in [0.1, 0.15) is 11.5 Å². The minimum absolute atomic E-state index is 0.115. The monoisotopic (exact) mass is 223 g/mol. The maximum absolute atomic E-state index is 5.48. The first kappa shape index (κ1) is 12.2. The van der Waals surface area contributed by atoms with Crippen LogP contribution in [0.15, 0.2) is 29.3 Å². The van der Waals surface area contributed by atoms with Gasteiger partial charge in [-0.05, 0) is 24.3 Å². The molecule has 0 amide bonds. The van der Waals surface area contributed by atoms with E-state index in [2.05, 4.69) is 4.99 Å². The molecule has 1 aromatic carbocycles. The van der Waals surface area contributed by atoms with E-state index in [4.69, 9.17) is 20.9 Å². The van der Waals surface area contributed by atoms with Gasteiger partial charge >= 0.3 is 0 Å². The summed E-state index contributed by atoms with van der Waals surface area (Å²) in [5.41, 5.74) is 10.4. The van der Waals surface area contributed by atoms with Gasteiger partial charge in [0.25, 0.3) is 0 Å². The van der Waals surface area contributed by atoms with Gasteiger partial charge in [-0.2, -0.15) is 0 Å². The van der Waals surface area contributed by atoms with Crippen LogP contribution in [0, 0.1) is 0 Å². The summed E-state index contributed by atoms with van der Waals surface area (Å²) in [6.45, 7) is 1.17. The molecule has 0 aromatic heterocycles. The summed E-state index contributed by atoms with van der Waals surface area (Å²) in [5, 5.41) is 0. The predicted octanol–water partition coefficient (Wildman–Crippen LogP) is 0.738. The number of rotatable bonds is 6. The maximum Gasteiger partial charge on any atom is 0.185 e. The van der Waals surface area contributed by atoms with E-state index in [9.17, 15) is 0 Å². The molecule has 4 N–H and O–H groups in total. The van der Waals surface area contributed by atoms with Crippen molar-refractivity contribution in [3.05, 3.63) is 24.3 Å². The summed E-state index contributed by atoms with van der Waals surface area (Å²) < 4.78 is 10.5. The van der Waals surface area contributed by atoms with Gasteiger partial charge in [-0.15, -0.1) is 0 Å². The number of aliphatic imine (C=N–C) groups is 1. The molecule has 0 aliphatic heterocycles. The molecule has 5 heteroatoms. The Kier molecular flexibility index (Phi) is 4.98. The predicted molar refractivity (Wildman–Crippen MR) is 63.8 cm³/mol. The largest absolute Gasteiger partial charge is 0.497 e. The minimum Gasteiger partial charge on any atom is -0.497 e. The number of hydrogen-bond donors (Lipinski definition) is 2. The van der Waals surface area contributed by atoms with E-state index < -0.39 is 0 Å². The first-order valence-electron chi connectivity index (χ1n) is 5.04. The van der Waals surface area contributed by atoms with Crippen LogP contribution in [-0.4, -0.2) is 26.2 Å². The van der Waals surface area contributed by atoms with Crippen molar-refractivity contribution in [1.29, 1.82) is 0 Å². The summed E-state index contributed by atoms with van der Waals surface area (Å²) in [5.74, 6) is 1.74. The van der Waals surface area contributed by atoms with Crippen molar-refractivity contribution < 1.29 is 9.47 Å². The smallest absolute Gasteiger partial charge is 0.185 e. The molecule has 1 rings (SSSR count). The fourth-order valence-electron chi connectivity index (χ4n) is 1.13. The van der Waals surface area contributed by atoms with Crippen molar-refractivity contribution in [1.82, 2.24) is 0 Å². The van der Waals surface area contributed by atoms with E-state index >= 15 is 0 Å². The van der Waals surface area contributed by atoms with Crippen molar-refractivity contribution >= 4 is 5.96 Å². The Bertz CT molecular complexity index is 332. The first-order valence-corrected chi connectivity index (χ1v) is 5.04. The molecular formula is C11H17N3O2. The molecule has 0 saturated carbocycles. The topological polar surface area (TPSA) is 82.9 Å². The molecule has 0 fully saturated rings. The van der Waals surface area contributed by atoms with Crippen LogP contribution in [0.5, 0.6) is 11.5 Å². The lowest BCUT2D eigenvalue weighted by Crippen LogP contribution is -2.23. The Morgan fingerprint density at radius 3 is 2.38 bits per heavy atom. The Labute approximate surface area is 95.1 Å². The minimum atomic E-state index is 0.115. The van der Waals surface area contributed by atoms with E-state index in [-0.39, 0.29) is 5.96 Å². The second-order valence-electron chi connectivity index (χ2n) is 3.18. The average molecular weight is 223 g/mol. The Morgan fingerprint density at radius 1 is 1.19 bits per heavy atom. The van der Waals surface area contributed by atoms with Crippen molar-refractivity contribution in [2.75, 3.05) is 20.3 Å². The number of hydrogen-bond acceptors (Lipinski definition) is 3. The van der Waals surface area contributed by atoms with Crippen molar-refractivity contribution in [2.24, 2.45) is 16.5 Å². The normalized spacial score (nSPS) is 9.56. The number of nitrogens with zero attached hydrogens (tertiary/aromatic N) is 1. The molecule has 0 unspecified atom stereocenters. The van der Waals surface area contributed by atoms with Crippen molar-refractivity contribution in [2.45, 2.75) is 6.42 Å². The Hall–Kier alpha value is -1.91. The van der Waals surface area contributed by atoms with Crippen LogP contribution < -0.4 is 20.9 Å². The average Bonchev–Trinajstić information content (AvgIpc) is 2.29. The molecule has 0 aliphatic carbocycles. The Balaban J connectivity index is 2.24. The number of guanidine groups is 1. The molecule has 0 heterocycles. The molecule has 16 heavy (non-hydrogen) atoms. The highest BCUT2D eigenvalue weighted by atomic mass is 16.5. The van der Waals surface area contributed by atoms with Crippen LogP contribution in [0.3, 0.4) is 0 Å². The van der Waals surface area contributed by atoms with E-state index in [1.165, 1.54) is 0 Å². The molecule has 0 aliphatic rings. The van der Waals surface area contributed by atoms with Gasteiger partial charge in [-0.3, -0.25) is 4.99 Å². The molecule has 1 aromatic rings. The van der Waals surface area contributed by atoms with Crippen LogP contribution in [-0.2, 0) is 0 Å². The summed E-state index contributed by atoms with van der Waals surface area (Å²) in [4.78, 5) is 3.86. The van der Waals surface area contributed by atoms with Gasteiger partial charge in [0.05, 0.1) is 13.7 Å². The van der Waals surface area contributed by atoms with Gasteiger partial charge < -0.3 is 20.9 Å². The zero-order valence-electron chi connectivity index (χ0n) is 9.35.